The molecule has 2 unspecified atom stereocenters. The average molecular weight is 328 g/mol. The Morgan fingerprint density at radius 1 is 1.39 bits per heavy atom. The summed E-state index contributed by atoms with van der Waals surface area (Å²) in [6, 6.07) is 3.86. The highest BCUT2D eigenvalue weighted by Crippen LogP contribution is 2.34. The topological polar surface area (TPSA) is 49.3 Å². The second-order valence-electron chi connectivity index (χ2n) is 6.41. The molecule has 0 N–H and O–H groups in total. The number of rotatable bonds is 3. The number of amides is 1. The average Bonchev–Trinajstić information content (AvgIpc) is 3.15. The minimum absolute atomic E-state index is 0.115. The van der Waals surface area contributed by atoms with Crippen LogP contribution in [0.3, 0.4) is 0 Å². The largest absolute Gasteiger partial charge is 0.311 e. The first kappa shape index (κ1) is 14.8. The van der Waals surface area contributed by atoms with E-state index in [0.717, 1.165) is 49.0 Å². The van der Waals surface area contributed by atoms with Crippen molar-refractivity contribution in [3.63, 3.8) is 0 Å². The van der Waals surface area contributed by atoms with Crippen molar-refractivity contribution in [3.8, 4) is 0 Å². The van der Waals surface area contributed by atoms with Crippen molar-refractivity contribution in [1.82, 2.24) is 14.9 Å². The summed E-state index contributed by atoms with van der Waals surface area (Å²) in [4.78, 5) is 25.8. The molecule has 1 amide bonds. The van der Waals surface area contributed by atoms with Gasteiger partial charge in [0.05, 0.1) is 28.5 Å². The van der Waals surface area contributed by atoms with Crippen molar-refractivity contribution in [2.24, 2.45) is 11.8 Å². The fraction of sp³-hybridized carbons (Fsp3) is 0.471. The first-order chi connectivity index (χ1) is 11.2. The summed E-state index contributed by atoms with van der Waals surface area (Å²) in [5, 5.41) is 3.23. The molecule has 5 nitrogen and oxygen atoms in total. The lowest BCUT2D eigenvalue weighted by Gasteiger charge is -2.33. The molecule has 0 radical (unpaired) electrons. The number of carbonyl (C=O) groups excluding carboxylic acids is 1. The van der Waals surface area contributed by atoms with Gasteiger partial charge < -0.3 is 4.90 Å². The van der Waals surface area contributed by atoms with Crippen molar-refractivity contribution < 1.29 is 4.79 Å². The zero-order valence-corrected chi connectivity index (χ0v) is 14.0. The number of anilines is 1. The quantitative estimate of drug-likeness (QED) is 0.868. The lowest BCUT2D eigenvalue weighted by Crippen LogP contribution is -2.45. The number of carbonyl (C=O) groups is 1. The molecular weight excluding hydrogens is 308 g/mol. The van der Waals surface area contributed by atoms with Gasteiger partial charge in [-0.25, -0.2) is 4.98 Å². The van der Waals surface area contributed by atoms with Crippen LogP contribution in [0.1, 0.15) is 17.1 Å². The van der Waals surface area contributed by atoms with E-state index in [1.165, 1.54) is 0 Å². The van der Waals surface area contributed by atoms with Gasteiger partial charge in [0.25, 0.3) is 0 Å². The normalized spacial score (nSPS) is 24.9. The lowest BCUT2D eigenvalue weighted by atomic mass is 9.88. The molecule has 2 saturated heterocycles. The van der Waals surface area contributed by atoms with E-state index >= 15 is 0 Å². The minimum Gasteiger partial charge on any atom is -0.311 e. The fourth-order valence-corrected chi connectivity index (χ4v) is 4.35. The Labute approximate surface area is 140 Å². The van der Waals surface area contributed by atoms with Crippen molar-refractivity contribution in [2.45, 2.75) is 19.9 Å². The van der Waals surface area contributed by atoms with Crippen LogP contribution < -0.4 is 4.90 Å². The van der Waals surface area contributed by atoms with Crippen LogP contribution in [-0.2, 0) is 11.3 Å². The molecule has 0 bridgehead atoms. The molecule has 2 fully saturated rings. The Kier molecular flexibility index (Phi) is 3.87. The van der Waals surface area contributed by atoms with E-state index in [0.29, 0.717) is 5.92 Å². The van der Waals surface area contributed by atoms with Crippen LogP contribution in [0.25, 0.3) is 0 Å². The molecule has 0 saturated carbocycles. The van der Waals surface area contributed by atoms with Crippen LogP contribution in [0.2, 0.25) is 0 Å². The third-order valence-corrected chi connectivity index (χ3v) is 5.66. The summed E-state index contributed by atoms with van der Waals surface area (Å²) in [6.07, 6.45) is 4.59. The van der Waals surface area contributed by atoms with Gasteiger partial charge in [0.1, 0.15) is 0 Å². The third-order valence-electron chi connectivity index (χ3n) is 4.83. The van der Waals surface area contributed by atoms with Gasteiger partial charge in [-0.3, -0.25) is 14.7 Å². The number of hydrogen-bond acceptors (Lipinski definition) is 5. The molecular formula is C17H20N4OS. The smallest absolute Gasteiger partial charge is 0.231 e. The predicted molar refractivity (Wildman–Crippen MR) is 90.3 cm³/mol. The summed E-state index contributed by atoms with van der Waals surface area (Å²) < 4.78 is 0. The van der Waals surface area contributed by atoms with E-state index in [2.05, 4.69) is 20.2 Å². The summed E-state index contributed by atoms with van der Waals surface area (Å²) >= 11 is 1.69. The summed E-state index contributed by atoms with van der Waals surface area (Å²) in [7, 11) is 0. The van der Waals surface area contributed by atoms with Crippen LogP contribution >= 0.6 is 11.3 Å². The number of nitrogens with zero attached hydrogens (tertiary/aromatic N) is 4. The summed E-state index contributed by atoms with van der Waals surface area (Å²) in [6.45, 7) is 5.55. The van der Waals surface area contributed by atoms with E-state index in [1.54, 1.807) is 23.7 Å². The minimum atomic E-state index is 0.115. The molecule has 2 atom stereocenters. The number of fused-ring (bicyclic) bond motifs is 1. The van der Waals surface area contributed by atoms with Gasteiger partial charge in [0, 0.05) is 37.8 Å². The van der Waals surface area contributed by atoms with E-state index in [1.807, 2.05) is 24.0 Å². The lowest BCUT2D eigenvalue weighted by molar-refractivity contribution is -0.124. The van der Waals surface area contributed by atoms with Gasteiger partial charge in [-0.2, -0.15) is 0 Å². The molecule has 120 valence electrons. The van der Waals surface area contributed by atoms with Crippen LogP contribution in [0.5, 0.6) is 0 Å². The zero-order valence-electron chi connectivity index (χ0n) is 13.2. The Hall–Kier alpha value is -1.79. The van der Waals surface area contributed by atoms with Gasteiger partial charge in [0.15, 0.2) is 0 Å². The molecule has 0 aromatic carbocycles. The molecule has 23 heavy (non-hydrogen) atoms. The van der Waals surface area contributed by atoms with Crippen LogP contribution in [0, 0.1) is 18.8 Å². The SMILES string of the molecule is Cc1nc(CN2CC3CCN(c4cccnc4)C(=O)C3C2)cs1. The number of piperidine rings is 1. The first-order valence-electron chi connectivity index (χ1n) is 8.05. The number of pyridine rings is 1. The van der Waals surface area contributed by atoms with Crippen molar-refractivity contribution in [1.29, 1.82) is 0 Å². The first-order valence-corrected chi connectivity index (χ1v) is 8.93. The van der Waals surface area contributed by atoms with Crippen molar-refractivity contribution in [3.05, 3.63) is 40.6 Å². The maximum absolute atomic E-state index is 12.9. The van der Waals surface area contributed by atoms with Crippen LogP contribution in [-0.4, -0.2) is 40.4 Å². The summed E-state index contributed by atoms with van der Waals surface area (Å²) in [5.41, 5.74) is 2.05. The zero-order chi connectivity index (χ0) is 15.8. The van der Waals surface area contributed by atoms with Crippen LogP contribution in [0.4, 0.5) is 5.69 Å². The van der Waals surface area contributed by atoms with Gasteiger partial charge in [0.2, 0.25) is 5.91 Å². The molecule has 6 heteroatoms. The number of hydrogen-bond donors (Lipinski definition) is 0. The fourth-order valence-electron chi connectivity index (χ4n) is 3.75. The Bertz CT molecular complexity index is 702. The Morgan fingerprint density at radius 2 is 2.30 bits per heavy atom. The number of thiazole rings is 1. The van der Waals surface area contributed by atoms with E-state index in [9.17, 15) is 4.79 Å². The molecule has 2 aliphatic heterocycles. The third kappa shape index (κ3) is 2.88. The van der Waals surface area contributed by atoms with Gasteiger partial charge in [-0.15, -0.1) is 11.3 Å². The highest BCUT2D eigenvalue weighted by molar-refractivity contribution is 7.09. The number of aryl methyl sites for hydroxylation is 1. The molecule has 2 aromatic rings. The van der Waals surface area contributed by atoms with E-state index in [4.69, 9.17) is 0 Å². The standard InChI is InChI=1S/C17H20N4OS/c1-12-19-14(11-23-12)9-20-8-13-4-6-21(17(22)16(13)10-20)15-3-2-5-18-7-15/h2-3,5,7,11,13,16H,4,6,8-10H2,1H3. The predicted octanol–water partition coefficient (Wildman–Crippen LogP) is 2.33. The summed E-state index contributed by atoms with van der Waals surface area (Å²) in [5.74, 6) is 0.852. The van der Waals surface area contributed by atoms with E-state index < -0.39 is 0 Å². The van der Waals surface area contributed by atoms with Gasteiger partial charge >= 0.3 is 0 Å². The number of likely N-dealkylation sites (tertiary alicyclic amines) is 1. The van der Waals surface area contributed by atoms with Gasteiger partial charge in [-0.05, 0) is 31.4 Å². The molecule has 2 aromatic heterocycles. The number of aromatic nitrogens is 2. The van der Waals surface area contributed by atoms with Crippen LogP contribution in [0.15, 0.2) is 29.9 Å². The monoisotopic (exact) mass is 328 g/mol. The second-order valence-corrected chi connectivity index (χ2v) is 7.47. The molecule has 4 heterocycles. The van der Waals surface area contributed by atoms with Crippen molar-refractivity contribution >= 4 is 22.9 Å². The highest BCUT2D eigenvalue weighted by atomic mass is 32.1. The Balaban J connectivity index is 1.46. The maximum Gasteiger partial charge on any atom is 0.231 e. The van der Waals surface area contributed by atoms with Gasteiger partial charge in [-0.1, -0.05) is 0 Å². The molecule has 0 spiro atoms. The highest BCUT2D eigenvalue weighted by Gasteiger charge is 2.43. The maximum atomic E-state index is 12.9. The van der Waals surface area contributed by atoms with E-state index in [-0.39, 0.29) is 11.8 Å². The molecule has 0 aliphatic carbocycles. The Morgan fingerprint density at radius 3 is 3.04 bits per heavy atom. The molecule has 2 aliphatic rings. The second kappa shape index (κ2) is 6.02. The van der Waals surface area contributed by atoms with Crippen molar-refractivity contribution in [2.75, 3.05) is 24.5 Å². The molecule has 4 rings (SSSR count).